The van der Waals surface area contributed by atoms with Crippen LogP contribution in [0.15, 0.2) is 40.9 Å². The van der Waals surface area contributed by atoms with E-state index in [0.29, 0.717) is 15.7 Å². The molecular formula is C14H9BrFN3O. The lowest BCUT2D eigenvalue weighted by Crippen LogP contribution is -2.15. The molecule has 20 heavy (non-hydrogen) atoms. The number of benzene rings is 2. The van der Waals surface area contributed by atoms with Gasteiger partial charge in [0.05, 0.1) is 28.6 Å². The molecule has 0 heterocycles. The van der Waals surface area contributed by atoms with Crippen LogP contribution < -0.4 is 11.1 Å². The highest BCUT2D eigenvalue weighted by molar-refractivity contribution is 9.10. The first-order chi connectivity index (χ1) is 9.52. The highest BCUT2D eigenvalue weighted by Gasteiger charge is 2.14. The number of nitrogen functional groups attached to an aromatic ring is 1. The zero-order valence-electron chi connectivity index (χ0n) is 10.2. The van der Waals surface area contributed by atoms with Crippen LogP contribution in [0.2, 0.25) is 0 Å². The number of anilines is 2. The van der Waals surface area contributed by atoms with Gasteiger partial charge < -0.3 is 11.1 Å². The number of para-hydroxylation sites is 1. The summed E-state index contributed by atoms with van der Waals surface area (Å²) in [6, 6.07) is 10.7. The van der Waals surface area contributed by atoms with E-state index in [9.17, 15) is 9.18 Å². The average molecular weight is 334 g/mol. The molecule has 2 rings (SSSR count). The standard InChI is InChI=1S/C14H9BrFN3O/c15-10-6-8(7-17)4-5-12(10)19-14(20)9-2-1-3-11(16)13(9)18/h1-6H,18H2,(H,19,20). The van der Waals surface area contributed by atoms with Crippen LogP contribution in [-0.2, 0) is 0 Å². The van der Waals surface area contributed by atoms with Crippen molar-refractivity contribution in [3.05, 3.63) is 57.8 Å². The third-order valence-corrected chi connectivity index (χ3v) is 3.30. The minimum absolute atomic E-state index is 0.0567. The fraction of sp³-hybridized carbons (Fsp3) is 0. The van der Waals surface area contributed by atoms with Crippen molar-refractivity contribution in [3.63, 3.8) is 0 Å². The monoisotopic (exact) mass is 333 g/mol. The Balaban J connectivity index is 2.29. The first-order valence-corrected chi connectivity index (χ1v) is 6.37. The highest BCUT2D eigenvalue weighted by Crippen LogP contribution is 2.25. The summed E-state index contributed by atoms with van der Waals surface area (Å²) in [4.78, 5) is 12.1. The summed E-state index contributed by atoms with van der Waals surface area (Å²) in [6.07, 6.45) is 0. The van der Waals surface area contributed by atoms with Crippen LogP contribution in [-0.4, -0.2) is 5.91 Å². The number of amides is 1. The molecule has 0 aliphatic rings. The molecule has 0 bridgehead atoms. The average Bonchev–Trinajstić information content (AvgIpc) is 2.44. The molecule has 0 spiro atoms. The number of rotatable bonds is 2. The summed E-state index contributed by atoms with van der Waals surface area (Å²) in [5.41, 5.74) is 6.32. The fourth-order valence-corrected chi connectivity index (χ4v) is 2.09. The Hall–Kier alpha value is -2.39. The van der Waals surface area contributed by atoms with E-state index in [1.54, 1.807) is 18.2 Å². The van der Waals surface area contributed by atoms with E-state index in [1.807, 2.05) is 6.07 Å². The predicted molar refractivity (Wildman–Crippen MR) is 77.6 cm³/mol. The van der Waals surface area contributed by atoms with E-state index in [1.165, 1.54) is 18.2 Å². The van der Waals surface area contributed by atoms with Gasteiger partial charge in [0.1, 0.15) is 5.82 Å². The Kier molecular flexibility index (Phi) is 4.01. The van der Waals surface area contributed by atoms with Gasteiger partial charge in [-0.3, -0.25) is 4.79 Å². The summed E-state index contributed by atoms with van der Waals surface area (Å²) in [5, 5.41) is 11.4. The van der Waals surface area contributed by atoms with E-state index in [4.69, 9.17) is 11.0 Å². The number of carbonyl (C=O) groups is 1. The molecule has 0 aromatic heterocycles. The second kappa shape index (κ2) is 5.72. The molecule has 0 fully saturated rings. The van der Waals surface area contributed by atoms with Crippen LogP contribution in [0.4, 0.5) is 15.8 Å². The maximum absolute atomic E-state index is 13.3. The number of nitriles is 1. The van der Waals surface area contributed by atoms with Gasteiger partial charge in [-0.25, -0.2) is 4.39 Å². The van der Waals surface area contributed by atoms with Crippen LogP contribution in [0.25, 0.3) is 0 Å². The molecule has 2 aromatic carbocycles. The third kappa shape index (κ3) is 2.78. The maximum Gasteiger partial charge on any atom is 0.257 e. The van der Waals surface area contributed by atoms with Crippen molar-refractivity contribution in [3.8, 4) is 6.07 Å². The lowest BCUT2D eigenvalue weighted by atomic mass is 10.1. The van der Waals surface area contributed by atoms with Gasteiger partial charge in [-0.15, -0.1) is 0 Å². The molecule has 1 amide bonds. The first kappa shape index (κ1) is 14.0. The second-order valence-corrected chi connectivity index (χ2v) is 4.82. The molecule has 0 aliphatic carbocycles. The van der Waals surface area contributed by atoms with Crippen molar-refractivity contribution in [2.24, 2.45) is 0 Å². The van der Waals surface area contributed by atoms with Crippen LogP contribution in [0.1, 0.15) is 15.9 Å². The van der Waals surface area contributed by atoms with Crippen LogP contribution >= 0.6 is 15.9 Å². The SMILES string of the molecule is N#Cc1ccc(NC(=O)c2cccc(F)c2N)c(Br)c1. The van der Waals surface area contributed by atoms with Crippen molar-refractivity contribution < 1.29 is 9.18 Å². The number of nitrogens with two attached hydrogens (primary N) is 1. The van der Waals surface area contributed by atoms with Crippen molar-refractivity contribution >= 4 is 33.2 Å². The normalized spacial score (nSPS) is 9.85. The van der Waals surface area contributed by atoms with Gasteiger partial charge in [0.2, 0.25) is 0 Å². The molecule has 6 heteroatoms. The topological polar surface area (TPSA) is 78.9 Å². The second-order valence-electron chi connectivity index (χ2n) is 3.96. The van der Waals surface area contributed by atoms with E-state index in [2.05, 4.69) is 21.2 Å². The fourth-order valence-electron chi connectivity index (χ4n) is 1.61. The molecule has 3 N–H and O–H groups in total. The zero-order chi connectivity index (χ0) is 14.7. The molecule has 0 saturated heterocycles. The lowest BCUT2D eigenvalue weighted by Gasteiger charge is -2.09. The Labute approximate surface area is 123 Å². The van der Waals surface area contributed by atoms with Crippen molar-refractivity contribution in [2.75, 3.05) is 11.1 Å². The van der Waals surface area contributed by atoms with Gasteiger partial charge in [-0.2, -0.15) is 5.26 Å². The Morgan fingerprint density at radius 2 is 2.10 bits per heavy atom. The lowest BCUT2D eigenvalue weighted by molar-refractivity contribution is 0.102. The van der Waals surface area contributed by atoms with Crippen molar-refractivity contribution in [1.82, 2.24) is 0 Å². The number of halogens is 2. The van der Waals surface area contributed by atoms with Crippen molar-refractivity contribution in [2.45, 2.75) is 0 Å². The third-order valence-electron chi connectivity index (χ3n) is 2.64. The molecule has 0 radical (unpaired) electrons. The zero-order valence-corrected chi connectivity index (χ0v) is 11.7. The number of nitrogens with one attached hydrogen (secondary N) is 1. The quantitative estimate of drug-likeness (QED) is 0.827. The molecular weight excluding hydrogens is 325 g/mol. The van der Waals surface area contributed by atoms with Gasteiger partial charge >= 0.3 is 0 Å². The molecule has 0 aliphatic heterocycles. The number of hydrogen-bond acceptors (Lipinski definition) is 3. The maximum atomic E-state index is 13.3. The molecule has 4 nitrogen and oxygen atoms in total. The Morgan fingerprint density at radius 3 is 2.75 bits per heavy atom. The van der Waals surface area contributed by atoms with Crippen LogP contribution in [0, 0.1) is 17.1 Å². The largest absolute Gasteiger partial charge is 0.396 e. The molecule has 2 aromatic rings. The number of carbonyl (C=O) groups excluding carboxylic acids is 1. The minimum atomic E-state index is -0.642. The van der Waals surface area contributed by atoms with Gasteiger partial charge in [-0.05, 0) is 46.3 Å². The summed E-state index contributed by atoms with van der Waals surface area (Å²) in [7, 11) is 0. The first-order valence-electron chi connectivity index (χ1n) is 5.58. The van der Waals surface area contributed by atoms with E-state index >= 15 is 0 Å². The van der Waals surface area contributed by atoms with Crippen LogP contribution in [0.5, 0.6) is 0 Å². The number of hydrogen-bond donors (Lipinski definition) is 2. The summed E-state index contributed by atoms with van der Waals surface area (Å²) in [5.74, 6) is -1.16. The highest BCUT2D eigenvalue weighted by atomic mass is 79.9. The van der Waals surface area contributed by atoms with E-state index < -0.39 is 11.7 Å². The van der Waals surface area contributed by atoms with Gasteiger partial charge in [-0.1, -0.05) is 6.07 Å². The summed E-state index contributed by atoms with van der Waals surface area (Å²) >= 11 is 3.25. The molecule has 0 saturated carbocycles. The van der Waals surface area contributed by atoms with E-state index in [-0.39, 0.29) is 11.3 Å². The molecule has 0 atom stereocenters. The van der Waals surface area contributed by atoms with E-state index in [0.717, 1.165) is 0 Å². The smallest absolute Gasteiger partial charge is 0.257 e. The van der Waals surface area contributed by atoms with Gasteiger partial charge in [0.25, 0.3) is 5.91 Å². The summed E-state index contributed by atoms with van der Waals surface area (Å²) in [6.45, 7) is 0. The van der Waals surface area contributed by atoms with Crippen molar-refractivity contribution in [1.29, 1.82) is 5.26 Å². The summed E-state index contributed by atoms with van der Waals surface area (Å²) < 4.78 is 13.9. The van der Waals surface area contributed by atoms with Crippen LogP contribution in [0.3, 0.4) is 0 Å². The van der Waals surface area contributed by atoms with Gasteiger partial charge in [0, 0.05) is 4.47 Å². The number of nitrogens with zero attached hydrogens (tertiary/aromatic N) is 1. The predicted octanol–water partition coefficient (Wildman–Crippen LogP) is 3.29. The molecule has 100 valence electrons. The minimum Gasteiger partial charge on any atom is -0.396 e. The Morgan fingerprint density at radius 1 is 1.35 bits per heavy atom. The van der Waals surface area contributed by atoms with Gasteiger partial charge in [0.15, 0.2) is 0 Å². The Bertz CT molecular complexity index is 725. The molecule has 0 unspecified atom stereocenters.